The van der Waals surface area contributed by atoms with Crippen LogP contribution in [-0.2, 0) is 0 Å². The first-order valence-corrected chi connectivity index (χ1v) is 12.5. The molecule has 0 saturated carbocycles. The Morgan fingerprint density at radius 3 is 1.87 bits per heavy atom. The smallest absolute Gasteiger partial charge is 0.187 e. The third-order valence-corrected chi connectivity index (χ3v) is 6.65. The zero-order chi connectivity index (χ0) is 27.4. The van der Waals surface area contributed by atoms with E-state index in [0.717, 1.165) is 27.8 Å². The number of nitrogens with one attached hydrogen (secondary N) is 2. The molecule has 0 aliphatic carbocycles. The number of carbonyl (C=O) groups excluding carboxylic acids is 1. The van der Waals surface area contributed by atoms with Crippen molar-refractivity contribution in [3.05, 3.63) is 90.5 Å². The normalized spacial score (nSPS) is 10.8. The van der Waals surface area contributed by atoms with Gasteiger partial charge in [0.05, 0.1) is 57.1 Å². The molecule has 0 saturated heterocycles. The molecule has 0 atom stereocenters. The standard InChI is InChI=1S/C32H30N2O5/c1-36-23-15-22(16-24(17-23)37-2)33-19-25(35)29-26(38-3)18-27(39-4)30-28(20-11-7-5-8-12-20)31(34-32(29)30)21-13-9-6-10-14-21/h5-18,33-34H,19H2,1-4H3. The van der Waals surface area contributed by atoms with Gasteiger partial charge >= 0.3 is 0 Å². The molecular weight excluding hydrogens is 492 g/mol. The number of rotatable bonds is 10. The quantitative estimate of drug-likeness (QED) is 0.196. The lowest BCUT2D eigenvalue weighted by atomic mass is 9.96. The third-order valence-electron chi connectivity index (χ3n) is 6.65. The summed E-state index contributed by atoms with van der Waals surface area (Å²) >= 11 is 0. The van der Waals surface area contributed by atoms with Gasteiger partial charge in [0.2, 0.25) is 0 Å². The van der Waals surface area contributed by atoms with Gasteiger partial charge in [-0.3, -0.25) is 4.79 Å². The lowest BCUT2D eigenvalue weighted by molar-refractivity contribution is 0.100. The zero-order valence-electron chi connectivity index (χ0n) is 22.3. The van der Waals surface area contributed by atoms with Gasteiger partial charge in [0.15, 0.2) is 5.78 Å². The summed E-state index contributed by atoms with van der Waals surface area (Å²) in [7, 11) is 6.35. The summed E-state index contributed by atoms with van der Waals surface area (Å²) in [6.45, 7) is 0.0223. The number of anilines is 1. The Kier molecular flexibility index (Phi) is 7.41. The second-order valence-electron chi connectivity index (χ2n) is 8.89. The molecule has 7 heteroatoms. The van der Waals surface area contributed by atoms with Gasteiger partial charge in [-0.2, -0.15) is 0 Å². The van der Waals surface area contributed by atoms with E-state index >= 15 is 0 Å². The molecule has 39 heavy (non-hydrogen) atoms. The SMILES string of the molecule is COc1cc(NCC(=O)c2c(OC)cc(OC)c3c(-c4ccccc4)c(-c4ccccc4)[nH]c23)cc(OC)c1. The Morgan fingerprint density at radius 2 is 1.31 bits per heavy atom. The Hall–Kier alpha value is -4.91. The highest BCUT2D eigenvalue weighted by Gasteiger charge is 2.26. The second-order valence-corrected chi connectivity index (χ2v) is 8.89. The second kappa shape index (κ2) is 11.2. The van der Waals surface area contributed by atoms with Crippen LogP contribution in [-0.4, -0.2) is 45.8 Å². The van der Waals surface area contributed by atoms with Crippen LogP contribution < -0.4 is 24.3 Å². The largest absolute Gasteiger partial charge is 0.497 e. The van der Waals surface area contributed by atoms with Gasteiger partial charge in [0, 0.05) is 35.5 Å². The lowest BCUT2D eigenvalue weighted by Crippen LogP contribution is -2.16. The van der Waals surface area contributed by atoms with Crippen molar-refractivity contribution < 1.29 is 23.7 Å². The number of ether oxygens (including phenoxy) is 4. The number of Topliss-reactive ketones (excluding diaryl/α,β-unsaturated/α-hetero) is 1. The topological polar surface area (TPSA) is 81.8 Å². The molecule has 2 N–H and O–H groups in total. The highest BCUT2D eigenvalue weighted by atomic mass is 16.5. The van der Waals surface area contributed by atoms with E-state index in [9.17, 15) is 4.79 Å². The van der Waals surface area contributed by atoms with Crippen LogP contribution >= 0.6 is 0 Å². The minimum Gasteiger partial charge on any atom is -0.497 e. The Labute approximate surface area is 227 Å². The summed E-state index contributed by atoms with van der Waals surface area (Å²) in [6.07, 6.45) is 0. The monoisotopic (exact) mass is 522 g/mol. The molecule has 5 aromatic rings. The average Bonchev–Trinajstić information content (AvgIpc) is 3.40. The summed E-state index contributed by atoms with van der Waals surface area (Å²) in [5, 5.41) is 4.03. The van der Waals surface area contributed by atoms with Crippen LogP contribution in [0.4, 0.5) is 5.69 Å². The van der Waals surface area contributed by atoms with E-state index in [1.165, 1.54) is 0 Å². The molecule has 0 fully saturated rings. The number of methoxy groups -OCH3 is 4. The minimum atomic E-state index is -0.151. The number of carbonyl (C=O) groups is 1. The maximum absolute atomic E-state index is 13.8. The number of H-pyrrole nitrogens is 1. The van der Waals surface area contributed by atoms with Crippen molar-refractivity contribution in [3.8, 4) is 45.4 Å². The molecule has 4 aromatic carbocycles. The van der Waals surface area contributed by atoms with Crippen molar-refractivity contribution in [1.82, 2.24) is 4.98 Å². The predicted molar refractivity (Wildman–Crippen MR) is 155 cm³/mol. The fourth-order valence-corrected chi connectivity index (χ4v) is 4.81. The summed E-state index contributed by atoms with van der Waals surface area (Å²) < 4.78 is 22.3. The van der Waals surface area contributed by atoms with Crippen LogP contribution in [0.3, 0.4) is 0 Å². The molecule has 0 aliphatic heterocycles. The Morgan fingerprint density at radius 1 is 0.718 bits per heavy atom. The maximum Gasteiger partial charge on any atom is 0.187 e. The molecule has 198 valence electrons. The highest BCUT2D eigenvalue weighted by Crippen LogP contribution is 2.46. The molecule has 1 heterocycles. The molecule has 5 rings (SSSR count). The molecule has 0 amide bonds. The third kappa shape index (κ3) is 4.99. The number of hydrogen-bond donors (Lipinski definition) is 2. The lowest BCUT2D eigenvalue weighted by Gasteiger charge is -2.14. The number of aromatic amines is 1. The zero-order valence-corrected chi connectivity index (χ0v) is 22.3. The molecule has 0 bridgehead atoms. The van der Waals surface area contributed by atoms with E-state index < -0.39 is 0 Å². The minimum absolute atomic E-state index is 0.0223. The van der Waals surface area contributed by atoms with Gasteiger partial charge in [-0.15, -0.1) is 0 Å². The summed E-state index contributed by atoms with van der Waals surface area (Å²) in [4.78, 5) is 17.4. The van der Waals surface area contributed by atoms with Gasteiger partial charge in [-0.25, -0.2) is 0 Å². The van der Waals surface area contributed by atoms with Crippen molar-refractivity contribution in [2.75, 3.05) is 40.3 Å². The predicted octanol–water partition coefficient (Wildman–Crippen LogP) is 6.83. The van der Waals surface area contributed by atoms with Crippen molar-refractivity contribution in [1.29, 1.82) is 0 Å². The van der Waals surface area contributed by atoms with Crippen molar-refractivity contribution >= 4 is 22.4 Å². The molecule has 0 unspecified atom stereocenters. The highest BCUT2D eigenvalue weighted by molar-refractivity contribution is 6.18. The summed E-state index contributed by atoms with van der Waals surface area (Å²) in [6, 6.07) is 27.3. The first-order valence-electron chi connectivity index (χ1n) is 12.5. The molecular formula is C32H30N2O5. The van der Waals surface area contributed by atoms with Gasteiger partial charge in [-0.05, 0) is 11.1 Å². The van der Waals surface area contributed by atoms with Gasteiger partial charge in [-0.1, -0.05) is 60.7 Å². The average molecular weight is 523 g/mol. The molecule has 0 spiro atoms. The van der Waals surface area contributed by atoms with Gasteiger partial charge in [0.25, 0.3) is 0 Å². The van der Waals surface area contributed by atoms with Crippen LogP contribution in [0.5, 0.6) is 23.0 Å². The van der Waals surface area contributed by atoms with E-state index in [1.54, 1.807) is 40.6 Å². The van der Waals surface area contributed by atoms with Crippen LogP contribution in [0, 0.1) is 0 Å². The Balaban J connectivity index is 1.68. The van der Waals surface area contributed by atoms with E-state index in [-0.39, 0.29) is 12.3 Å². The van der Waals surface area contributed by atoms with E-state index in [0.29, 0.717) is 39.8 Å². The number of fused-ring (bicyclic) bond motifs is 1. The molecule has 0 radical (unpaired) electrons. The number of hydrogen-bond acceptors (Lipinski definition) is 6. The van der Waals surface area contributed by atoms with Crippen LogP contribution in [0.15, 0.2) is 84.9 Å². The van der Waals surface area contributed by atoms with E-state index in [2.05, 4.69) is 22.4 Å². The van der Waals surface area contributed by atoms with Crippen molar-refractivity contribution in [2.45, 2.75) is 0 Å². The van der Waals surface area contributed by atoms with E-state index in [1.807, 2.05) is 60.7 Å². The van der Waals surface area contributed by atoms with Crippen molar-refractivity contribution in [3.63, 3.8) is 0 Å². The van der Waals surface area contributed by atoms with Gasteiger partial charge < -0.3 is 29.2 Å². The first-order chi connectivity index (χ1) is 19.1. The number of aromatic nitrogens is 1. The number of ketones is 1. The molecule has 0 aliphatic rings. The summed E-state index contributed by atoms with van der Waals surface area (Å²) in [5.74, 6) is 2.13. The summed E-state index contributed by atoms with van der Waals surface area (Å²) in [5.41, 5.74) is 5.64. The fraction of sp³-hybridized carbons (Fsp3) is 0.156. The first kappa shape index (κ1) is 25.7. The maximum atomic E-state index is 13.8. The van der Waals surface area contributed by atoms with E-state index in [4.69, 9.17) is 18.9 Å². The molecule has 1 aromatic heterocycles. The van der Waals surface area contributed by atoms with Crippen LogP contribution in [0.1, 0.15) is 10.4 Å². The number of benzene rings is 4. The van der Waals surface area contributed by atoms with Crippen molar-refractivity contribution in [2.24, 2.45) is 0 Å². The van der Waals surface area contributed by atoms with Crippen LogP contribution in [0.25, 0.3) is 33.3 Å². The fourth-order valence-electron chi connectivity index (χ4n) is 4.81. The van der Waals surface area contributed by atoms with Gasteiger partial charge in [0.1, 0.15) is 23.0 Å². The Bertz CT molecular complexity index is 1590. The molecule has 7 nitrogen and oxygen atoms in total. The van der Waals surface area contributed by atoms with Crippen LogP contribution in [0.2, 0.25) is 0 Å².